The van der Waals surface area contributed by atoms with Crippen molar-refractivity contribution in [2.45, 2.75) is 6.92 Å². The molecule has 4 N–H and O–H groups in total. The van der Waals surface area contributed by atoms with Gasteiger partial charge in [-0.25, -0.2) is 0 Å². The second kappa shape index (κ2) is 7.60. The van der Waals surface area contributed by atoms with E-state index in [1.165, 1.54) is 4.90 Å². The van der Waals surface area contributed by atoms with Crippen LogP contribution in [0.15, 0.2) is 18.2 Å². The van der Waals surface area contributed by atoms with Gasteiger partial charge in [-0.1, -0.05) is 6.07 Å². The molecule has 6 nitrogen and oxygen atoms in total. The highest BCUT2D eigenvalue weighted by molar-refractivity contribution is 5.98. The summed E-state index contributed by atoms with van der Waals surface area (Å²) < 4.78 is 5.40. The first-order valence-electron chi connectivity index (χ1n) is 6.18. The standard InChI is InChI=1S/C13H20N2O4/c1-2-19-12-10(4-3-5-11(12)14)13(18)15(6-8-16)7-9-17/h3-5,16-17H,2,6-9,14H2,1H3. The Kier molecular flexibility index (Phi) is 6.11. The number of nitrogens with two attached hydrogens (primary N) is 1. The van der Waals surface area contributed by atoms with E-state index >= 15 is 0 Å². The summed E-state index contributed by atoms with van der Waals surface area (Å²) in [6.45, 7) is 2.17. The minimum absolute atomic E-state index is 0.153. The third-order valence-corrected chi connectivity index (χ3v) is 2.59. The van der Waals surface area contributed by atoms with Crippen molar-refractivity contribution >= 4 is 11.6 Å². The van der Waals surface area contributed by atoms with Crippen LogP contribution < -0.4 is 10.5 Å². The lowest BCUT2D eigenvalue weighted by Crippen LogP contribution is -2.36. The molecule has 0 aliphatic rings. The van der Waals surface area contributed by atoms with Gasteiger partial charge in [0.15, 0.2) is 5.75 Å². The van der Waals surface area contributed by atoms with E-state index in [0.717, 1.165) is 0 Å². The van der Waals surface area contributed by atoms with E-state index in [0.29, 0.717) is 23.6 Å². The minimum Gasteiger partial charge on any atom is -0.491 e. The highest BCUT2D eigenvalue weighted by Gasteiger charge is 2.20. The van der Waals surface area contributed by atoms with Crippen LogP contribution in [0.2, 0.25) is 0 Å². The Hall–Kier alpha value is -1.79. The lowest BCUT2D eigenvalue weighted by atomic mass is 10.1. The molecular formula is C13H20N2O4. The average Bonchev–Trinajstić information content (AvgIpc) is 2.40. The zero-order chi connectivity index (χ0) is 14.3. The first-order valence-corrected chi connectivity index (χ1v) is 6.18. The molecule has 0 saturated heterocycles. The van der Waals surface area contributed by atoms with Crippen LogP contribution in [0.25, 0.3) is 0 Å². The van der Waals surface area contributed by atoms with Crippen molar-refractivity contribution in [1.29, 1.82) is 0 Å². The maximum absolute atomic E-state index is 12.3. The summed E-state index contributed by atoms with van der Waals surface area (Å²) in [6, 6.07) is 4.94. The second-order valence-corrected chi connectivity index (χ2v) is 3.90. The van der Waals surface area contributed by atoms with Gasteiger partial charge in [0.2, 0.25) is 0 Å². The Morgan fingerprint density at radius 3 is 2.47 bits per heavy atom. The van der Waals surface area contributed by atoms with Gasteiger partial charge in [0.25, 0.3) is 5.91 Å². The number of benzene rings is 1. The lowest BCUT2D eigenvalue weighted by molar-refractivity contribution is 0.0681. The third-order valence-electron chi connectivity index (χ3n) is 2.59. The highest BCUT2D eigenvalue weighted by Crippen LogP contribution is 2.27. The monoisotopic (exact) mass is 268 g/mol. The molecule has 1 aromatic carbocycles. The number of ether oxygens (including phenoxy) is 1. The molecule has 0 saturated carbocycles. The fraction of sp³-hybridized carbons (Fsp3) is 0.462. The Balaban J connectivity index is 3.05. The summed E-state index contributed by atoms with van der Waals surface area (Å²) in [5, 5.41) is 17.9. The molecule has 0 aromatic heterocycles. The molecule has 0 bridgehead atoms. The maximum atomic E-state index is 12.3. The van der Waals surface area contributed by atoms with E-state index in [1.807, 2.05) is 0 Å². The number of aliphatic hydroxyl groups excluding tert-OH is 2. The van der Waals surface area contributed by atoms with E-state index in [4.69, 9.17) is 20.7 Å². The van der Waals surface area contributed by atoms with Crippen molar-refractivity contribution in [2.24, 2.45) is 0 Å². The molecule has 0 atom stereocenters. The number of rotatable bonds is 7. The van der Waals surface area contributed by atoms with Gasteiger partial charge in [-0.3, -0.25) is 4.79 Å². The average molecular weight is 268 g/mol. The van der Waals surface area contributed by atoms with Crippen molar-refractivity contribution in [3.63, 3.8) is 0 Å². The molecule has 0 aliphatic carbocycles. The largest absolute Gasteiger partial charge is 0.491 e. The number of anilines is 1. The van der Waals surface area contributed by atoms with E-state index < -0.39 is 0 Å². The first kappa shape index (κ1) is 15.3. The van der Waals surface area contributed by atoms with Gasteiger partial charge < -0.3 is 25.6 Å². The van der Waals surface area contributed by atoms with Crippen molar-refractivity contribution in [2.75, 3.05) is 38.6 Å². The molecule has 0 aliphatic heterocycles. The molecule has 1 amide bonds. The van der Waals surface area contributed by atoms with Gasteiger partial charge in [-0.15, -0.1) is 0 Å². The first-order chi connectivity index (χ1) is 9.15. The number of hydrogen-bond acceptors (Lipinski definition) is 5. The number of carbonyl (C=O) groups excluding carboxylic acids is 1. The van der Waals surface area contributed by atoms with Gasteiger partial charge in [-0.05, 0) is 19.1 Å². The number of hydrogen-bond donors (Lipinski definition) is 3. The molecular weight excluding hydrogens is 248 g/mol. The summed E-state index contributed by atoms with van der Waals surface area (Å²) in [5.74, 6) is 0.0229. The smallest absolute Gasteiger partial charge is 0.257 e. The van der Waals surface area contributed by atoms with Crippen molar-refractivity contribution in [3.8, 4) is 5.75 Å². The minimum atomic E-state index is -0.321. The summed E-state index contributed by atoms with van der Waals surface area (Å²) >= 11 is 0. The molecule has 0 fully saturated rings. The maximum Gasteiger partial charge on any atom is 0.257 e. The number of carbonyl (C=O) groups is 1. The predicted octanol–water partition coefficient (Wildman–Crippen LogP) is 0.0943. The Morgan fingerprint density at radius 2 is 1.95 bits per heavy atom. The summed E-state index contributed by atoms with van der Waals surface area (Å²) in [5.41, 5.74) is 6.53. The van der Waals surface area contributed by atoms with Crippen molar-refractivity contribution in [1.82, 2.24) is 4.90 Å². The van der Waals surface area contributed by atoms with E-state index in [9.17, 15) is 4.79 Å². The van der Waals surface area contributed by atoms with Crippen LogP contribution in [0, 0.1) is 0 Å². The third kappa shape index (κ3) is 3.84. The van der Waals surface area contributed by atoms with E-state index in [-0.39, 0.29) is 32.2 Å². The van der Waals surface area contributed by atoms with Crippen LogP contribution in [-0.4, -0.2) is 53.9 Å². The van der Waals surface area contributed by atoms with Crippen LogP contribution in [-0.2, 0) is 0 Å². The highest BCUT2D eigenvalue weighted by atomic mass is 16.5. The van der Waals surface area contributed by atoms with Crippen LogP contribution in [0.5, 0.6) is 5.75 Å². The lowest BCUT2D eigenvalue weighted by Gasteiger charge is -2.22. The van der Waals surface area contributed by atoms with E-state index in [1.54, 1.807) is 25.1 Å². The molecule has 1 aromatic rings. The van der Waals surface area contributed by atoms with Gasteiger partial charge in [-0.2, -0.15) is 0 Å². The molecule has 6 heteroatoms. The molecule has 0 spiro atoms. The zero-order valence-corrected chi connectivity index (χ0v) is 11.0. The van der Waals surface area contributed by atoms with Crippen LogP contribution in [0.3, 0.4) is 0 Å². The van der Waals surface area contributed by atoms with Crippen LogP contribution in [0.4, 0.5) is 5.69 Å². The van der Waals surface area contributed by atoms with E-state index in [2.05, 4.69) is 0 Å². The second-order valence-electron chi connectivity index (χ2n) is 3.90. The quantitative estimate of drug-likeness (QED) is 0.609. The number of para-hydroxylation sites is 1. The van der Waals surface area contributed by atoms with Gasteiger partial charge in [0.1, 0.15) is 0 Å². The Labute approximate surface area is 112 Å². The molecule has 1 rings (SSSR count). The topological polar surface area (TPSA) is 96.0 Å². The zero-order valence-electron chi connectivity index (χ0n) is 11.0. The SMILES string of the molecule is CCOc1c(N)cccc1C(=O)N(CCO)CCO. The fourth-order valence-electron chi connectivity index (χ4n) is 1.76. The number of nitrogen functional groups attached to an aromatic ring is 1. The van der Waals surface area contributed by atoms with Crippen LogP contribution >= 0.6 is 0 Å². The van der Waals surface area contributed by atoms with Gasteiger partial charge in [0.05, 0.1) is 31.1 Å². The van der Waals surface area contributed by atoms with Crippen molar-refractivity contribution in [3.05, 3.63) is 23.8 Å². The molecule has 0 heterocycles. The number of amides is 1. The molecule has 106 valence electrons. The molecule has 0 radical (unpaired) electrons. The van der Waals surface area contributed by atoms with Gasteiger partial charge in [0, 0.05) is 13.1 Å². The number of nitrogens with zero attached hydrogens (tertiary/aromatic N) is 1. The number of aliphatic hydroxyl groups is 2. The Bertz CT molecular complexity index is 417. The molecule has 0 unspecified atom stereocenters. The van der Waals surface area contributed by atoms with Gasteiger partial charge >= 0.3 is 0 Å². The predicted molar refractivity (Wildman–Crippen MR) is 72.1 cm³/mol. The normalized spacial score (nSPS) is 10.3. The molecule has 19 heavy (non-hydrogen) atoms. The summed E-state index contributed by atoms with van der Waals surface area (Å²) in [6.07, 6.45) is 0. The van der Waals surface area contributed by atoms with Crippen molar-refractivity contribution < 1.29 is 19.7 Å². The fourth-order valence-corrected chi connectivity index (χ4v) is 1.76. The summed E-state index contributed by atoms with van der Waals surface area (Å²) in [7, 11) is 0. The van der Waals surface area contributed by atoms with Crippen LogP contribution in [0.1, 0.15) is 17.3 Å². The Morgan fingerprint density at radius 1 is 1.32 bits per heavy atom. The summed E-state index contributed by atoms with van der Waals surface area (Å²) in [4.78, 5) is 13.7.